The Labute approximate surface area is 186 Å². The van der Waals surface area contributed by atoms with Gasteiger partial charge in [-0.25, -0.2) is 4.57 Å². The highest BCUT2D eigenvalue weighted by Gasteiger charge is 2.26. The SMILES string of the molecule is CCN1CO/C(=C/C=C2\C=Cc3ccccc3N2C)S/C1=N\c1ccc(Cl)c[n+]1C. The zero-order valence-electron chi connectivity index (χ0n) is 17.2. The first-order chi connectivity index (χ1) is 14.5. The Morgan fingerprint density at radius 2 is 2.03 bits per heavy atom. The van der Waals surface area contributed by atoms with Crippen molar-refractivity contribution < 1.29 is 9.30 Å². The van der Waals surface area contributed by atoms with Crippen molar-refractivity contribution in [3.8, 4) is 0 Å². The molecule has 154 valence electrons. The molecule has 0 radical (unpaired) electrons. The molecule has 1 saturated heterocycles. The van der Waals surface area contributed by atoms with Crippen LogP contribution in [0.1, 0.15) is 12.5 Å². The summed E-state index contributed by atoms with van der Waals surface area (Å²) in [4.78, 5) is 9.13. The van der Waals surface area contributed by atoms with E-state index in [9.17, 15) is 0 Å². The highest BCUT2D eigenvalue weighted by molar-refractivity contribution is 8.17. The van der Waals surface area contributed by atoms with Gasteiger partial charge in [-0.1, -0.05) is 35.9 Å². The number of likely N-dealkylation sites (N-methyl/N-ethyl adjacent to an activating group) is 1. The molecule has 0 amide bonds. The van der Waals surface area contributed by atoms with Gasteiger partial charge in [0.25, 0.3) is 5.17 Å². The molecule has 4 rings (SSSR count). The van der Waals surface area contributed by atoms with Gasteiger partial charge in [0.05, 0.1) is 12.1 Å². The second-order valence-electron chi connectivity index (χ2n) is 6.97. The third kappa shape index (κ3) is 4.40. The first-order valence-corrected chi connectivity index (χ1v) is 11.0. The lowest BCUT2D eigenvalue weighted by molar-refractivity contribution is -0.658. The number of nitrogens with zero attached hydrogens (tertiary/aromatic N) is 4. The molecule has 5 nitrogen and oxygen atoms in total. The summed E-state index contributed by atoms with van der Waals surface area (Å²) >= 11 is 7.60. The number of aryl methyl sites for hydroxylation is 1. The van der Waals surface area contributed by atoms with E-state index >= 15 is 0 Å². The van der Waals surface area contributed by atoms with E-state index in [0.717, 1.165) is 28.3 Å². The number of para-hydroxylation sites is 1. The van der Waals surface area contributed by atoms with Crippen molar-refractivity contribution in [1.82, 2.24) is 4.90 Å². The summed E-state index contributed by atoms with van der Waals surface area (Å²) in [6.45, 7) is 3.39. The van der Waals surface area contributed by atoms with Gasteiger partial charge in [-0.15, -0.1) is 0 Å². The van der Waals surface area contributed by atoms with Crippen LogP contribution >= 0.6 is 23.4 Å². The Morgan fingerprint density at radius 3 is 2.83 bits per heavy atom. The van der Waals surface area contributed by atoms with Crippen LogP contribution in [-0.4, -0.2) is 30.4 Å². The van der Waals surface area contributed by atoms with E-state index in [1.807, 2.05) is 36.0 Å². The molecule has 2 aliphatic rings. The quantitative estimate of drug-likeness (QED) is 0.624. The van der Waals surface area contributed by atoms with Crippen molar-refractivity contribution in [2.45, 2.75) is 6.92 Å². The molecule has 0 unspecified atom stereocenters. The van der Waals surface area contributed by atoms with E-state index in [4.69, 9.17) is 21.3 Å². The van der Waals surface area contributed by atoms with Gasteiger partial charge in [0.1, 0.15) is 6.20 Å². The van der Waals surface area contributed by atoms with E-state index in [-0.39, 0.29) is 0 Å². The molecule has 1 aromatic carbocycles. The lowest BCUT2D eigenvalue weighted by Gasteiger charge is -2.27. The number of ether oxygens (including phenoxy) is 1. The van der Waals surface area contributed by atoms with E-state index in [0.29, 0.717) is 11.8 Å². The van der Waals surface area contributed by atoms with Crippen molar-refractivity contribution in [1.29, 1.82) is 0 Å². The van der Waals surface area contributed by atoms with Crippen LogP contribution < -0.4 is 9.47 Å². The maximum atomic E-state index is 6.07. The van der Waals surface area contributed by atoms with Gasteiger partial charge in [0.15, 0.2) is 11.8 Å². The topological polar surface area (TPSA) is 31.9 Å². The van der Waals surface area contributed by atoms with Gasteiger partial charge in [0, 0.05) is 42.8 Å². The van der Waals surface area contributed by atoms with Gasteiger partial charge in [-0.3, -0.25) is 4.90 Å². The van der Waals surface area contributed by atoms with Crippen molar-refractivity contribution in [2.24, 2.45) is 12.0 Å². The Morgan fingerprint density at radius 1 is 1.20 bits per heavy atom. The molecule has 2 aromatic rings. The molecule has 0 bridgehead atoms. The standard InChI is InChI=1S/C23H24ClN4OS/c1-4-28-16-29-22(30-23(28)25-21-13-10-18(24)15-26(21)2)14-12-19-11-9-17-7-5-6-8-20(17)27(19)3/h5-15H,4,16H2,1-3H3/q+1/b19-12+,22-14-. The Bertz CT molecular complexity index is 1080. The minimum absolute atomic E-state index is 0.475. The van der Waals surface area contributed by atoms with Crippen LogP contribution in [-0.2, 0) is 11.8 Å². The molecule has 0 saturated carbocycles. The molecule has 1 aromatic heterocycles. The first kappa shape index (κ1) is 20.6. The van der Waals surface area contributed by atoms with Crippen LogP contribution in [0.3, 0.4) is 0 Å². The zero-order valence-corrected chi connectivity index (χ0v) is 18.8. The smallest absolute Gasteiger partial charge is 0.326 e. The predicted octanol–water partition coefficient (Wildman–Crippen LogP) is 5.08. The predicted molar refractivity (Wildman–Crippen MR) is 126 cm³/mol. The third-order valence-electron chi connectivity index (χ3n) is 5.00. The summed E-state index contributed by atoms with van der Waals surface area (Å²) < 4.78 is 7.87. The number of allylic oxidation sites excluding steroid dienone is 3. The summed E-state index contributed by atoms with van der Waals surface area (Å²) in [7, 11) is 4.02. The molecule has 30 heavy (non-hydrogen) atoms. The molecule has 0 aliphatic carbocycles. The number of aromatic nitrogens is 1. The average molecular weight is 440 g/mol. The van der Waals surface area contributed by atoms with E-state index in [2.05, 4.69) is 66.3 Å². The van der Waals surface area contributed by atoms with Crippen LogP contribution in [0.4, 0.5) is 11.5 Å². The van der Waals surface area contributed by atoms with Crippen LogP contribution in [0, 0.1) is 0 Å². The fourth-order valence-electron chi connectivity index (χ4n) is 3.24. The van der Waals surface area contributed by atoms with E-state index in [1.54, 1.807) is 0 Å². The van der Waals surface area contributed by atoms with Gasteiger partial charge >= 0.3 is 5.82 Å². The third-order valence-corrected chi connectivity index (χ3v) is 6.21. The largest absolute Gasteiger partial charge is 0.466 e. The van der Waals surface area contributed by atoms with Gasteiger partial charge in [0.2, 0.25) is 0 Å². The van der Waals surface area contributed by atoms with Crippen molar-refractivity contribution in [3.05, 3.63) is 82.2 Å². The van der Waals surface area contributed by atoms with Gasteiger partial charge in [-0.2, -0.15) is 0 Å². The summed E-state index contributed by atoms with van der Waals surface area (Å²) in [5.74, 6) is 0.839. The number of aliphatic imine (C=N–C) groups is 1. The molecule has 0 spiro atoms. The average Bonchev–Trinajstić information content (AvgIpc) is 2.75. The van der Waals surface area contributed by atoms with Gasteiger partial charge in [-0.05, 0) is 47.8 Å². The second-order valence-corrected chi connectivity index (χ2v) is 8.38. The minimum Gasteiger partial charge on any atom is -0.466 e. The lowest BCUT2D eigenvalue weighted by atomic mass is 10.1. The van der Waals surface area contributed by atoms with Crippen LogP contribution in [0.5, 0.6) is 0 Å². The number of hydrogen-bond donors (Lipinski definition) is 0. The van der Waals surface area contributed by atoms with Crippen LogP contribution in [0.15, 0.2) is 76.6 Å². The van der Waals surface area contributed by atoms with E-state index < -0.39 is 0 Å². The van der Waals surface area contributed by atoms with Crippen molar-refractivity contribution in [3.63, 3.8) is 0 Å². The minimum atomic E-state index is 0.475. The Hall–Kier alpha value is -2.70. The van der Waals surface area contributed by atoms with Crippen LogP contribution in [0.25, 0.3) is 6.08 Å². The fourth-order valence-corrected chi connectivity index (χ4v) is 4.33. The number of halogens is 1. The van der Waals surface area contributed by atoms with Crippen molar-refractivity contribution >= 4 is 46.1 Å². The first-order valence-electron chi connectivity index (χ1n) is 9.77. The van der Waals surface area contributed by atoms with E-state index in [1.165, 1.54) is 23.0 Å². The molecular formula is C23H24ClN4OS+. The number of anilines is 1. The number of amidine groups is 1. The Balaban J connectivity index is 1.58. The molecule has 2 aliphatic heterocycles. The number of hydrogen-bond acceptors (Lipinski definition) is 4. The summed E-state index contributed by atoms with van der Waals surface area (Å²) in [6.07, 6.45) is 10.2. The Kier molecular flexibility index (Phi) is 6.16. The monoisotopic (exact) mass is 439 g/mol. The maximum absolute atomic E-state index is 6.07. The fraction of sp³-hybridized carbons (Fsp3) is 0.217. The summed E-state index contributed by atoms with van der Waals surface area (Å²) in [5.41, 5.74) is 3.51. The van der Waals surface area contributed by atoms with Crippen LogP contribution in [0.2, 0.25) is 5.02 Å². The number of rotatable bonds is 3. The molecule has 0 atom stereocenters. The maximum Gasteiger partial charge on any atom is 0.326 e. The zero-order chi connectivity index (χ0) is 21.1. The summed E-state index contributed by atoms with van der Waals surface area (Å²) in [6, 6.07) is 12.1. The number of pyridine rings is 1. The molecule has 0 N–H and O–H groups in total. The summed E-state index contributed by atoms with van der Waals surface area (Å²) in [5, 5.41) is 2.42. The van der Waals surface area contributed by atoms with Gasteiger partial charge < -0.3 is 9.64 Å². The number of fused-ring (bicyclic) bond motifs is 1. The number of benzene rings is 1. The molecule has 3 heterocycles. The normalized spacial score (nSPS) is 20.1. The highest BCUT2D eigenvalue weighted by atomic mass is 35.5. The molecular weight excluding hydrogens is 416 g/mol. The highest BCUT2D eigenvalue weighted by Crippen LogP contribution is 2.31. The molecule has 1 fully saturated rings. The lowest BCUT2D eigenvalue weighted by Crippen LogP contribution is -2.35. The second kappa shape index (κ2) is 8.98. The molecule has 7 heteroatoms. The van der Waals surface area contributed by atoms with Crippen molar-refractivity contribution in [2.75, 3.05) is 25.2 Å². The number of thioether (sulfide) groups is 1.